The van der Waals surface area contributed by atoms with Gasteiger partial charge in [-0.1, -0.05) is 0 Å². The zero-order valence-corrected chi connectivity index (χ0v) is 12.8. The summed E-state index contributed by atoms with van der Waals surface area (Å²) in [5.41, 5.74) is 0. The van der Waals surface area contributed by atoms with E-state index in [0.717, 1.165) is 58.4 Å². The molecular weight excluding hydrogens is 256 g/mol. The van der Waals surface area contributed by atoms with Gasteiger partial charge < -0.3 is 19.5 Å². The van der Waals surface area contributed by atoms with Crippen LogP contribution < -0.4 is 5.32 Å². The van der Waals surface area contributed by atoms with Crippen molar-refractivity contribution in [2.75, 3.05) is 40.5 Å². The number of hydrogen-bond acceptors (Lipinski definition) is 5. The lowest BCUT2D eigenvalue weighted by Gasteiger charge is -2.47. The zero-order chi connectivity index (χ0) is 14.0. The molecular formula is C15H28N2O3. The lowest BCUT2D eigenvalue weighted by Crippen LogP contribution is -2.58. The van der Waals surface area contributed by atoms with Gasteiger partial charge in [0.2, 0.25) is 0 Å². The van der Waals surface area contributed by atoms with E-state index < -0.39 is 0 Å². The van der Waals surface area contributed by atoms with Gasteiger partial charge in [-0.05, 0) is 26.3 Å². The molecule has 2 heterocycles. The van der Waals surface area contributed by atoms with Gasteiger partial charge in [-0.2, -0.15) is 0 Å². The van der Waals surface area contributed by atoms with E-state index in [9.17, 15) is 0 Å². The quantitative estimate of drug-likeness (QED) is 0.837. The highest BCUT2D eigenvalue weighted by Crippen LogP contribution is 2.38. The maximum atomic E-state index is 5.94. The number of rotatable bonds is 3. The van der Waals surface area contributed by atoms with Gasteiger partial charge in [-0.15, -0.1) is 0 Å². The molecule has 116 valence electrons. The minimum atomic E-state index is -0.296. The van der Waals surface area contributed by atoms with Crippen molar-refractivity contribution in [2.45, 2.75) is 56.1 Å². The number of piperidine rings is 1. The van der Waals surface area contributed by atoms with Crippen molar-refractivity contribution in [3.05, 3.63) is 0 Å². The molecule has 2 aliphatic heterocycles. The molecule has 1 aliphatic carbocycles. The van der Waals surface area contributed by atoms with Crippen LogP contribution in [-0.2, 0) is 14.2 Å². The molecule has 1 spiro atoms. The molecule has 1 N–H and O–H groups in total. The van der Waals surface area contributed by atoms with Gasteiger partial charge in [0.15, 0.2) is 5.79 Å². The van der Waals surface area contributed by atoms with Crippen LogP contribution in [0.3, 0.4) is 0 Å². The van der Waals surface area contributed by atoms with Crippen LogP contribution in [0.2, 0.25) is 0 Å². The normalized spacial score (nSPS) is 35.7. The van der Waals surface area contributed by atoms with E-state index in [-0.39, 0.29) is 5.79 Å². The molecule has 0 aromatic heterocycles. The van der Waals surface area contributed by atoms with Crippen LogP contribution in [-0.4, -0.2) is 69.3 Å². The zero-order valence-electron chi connectivity index (χ0n) is 12.8. The first kappa shape index (κ1) is 14.7. The summed E-state index contributed by atoms with van der Waals surface area (Å²) in [6.45, 7) is 3.75. The molecule has 0 radical (unpaired) electrons. The molecule has 3 aliphatic rings. The predicted octanol–water partition coefficient (Wildman–Crippen LogP) is 0.981. The number of hydrogen-bond donors (Lipinski definition) is 1. The van der Waals surface area contributed by atoms with Gasteiger partial charge in [0.25, 0.3) is 0 Å². The molecule has 3 fully saturated rings. The molecule has 2 unspecified atom stereocenters. The minimum Gasteiger partial charge on any atom is -0.381 e. The second-order valence-corrected chi connectivity index (χ2v) is 6.28. The highest BCUT2D eigenvalue weighted by Gasteiger charge is 2.46. The Bertz CT molecular complexity index is 312. The van der Waals surface area contributed by atoms with E-state index in [1.54, 1.807) is 0 Å². The van der Waals surface area contributed by atoms with Crippen molar-refractivity contribution in [1.29, 1.82) is 0 Å². The standard InChI is InChI=1S/C15H28N2O3/c1-16-13-3-6-15(19-9-10-20-15)11-14(13)17-7-4-12(18-2)5-8-17/h12-14,16H,3-11H2,1-2H3. The van der Waals surface area contributed by atoms with Crippen molar-refractivity contribution in [2.24, 2.45) is 0 Å². The van der Waals surface area contributed by atoms with Crippen LogP contribution >= 0.6 is 0 Å². The first-order chi connectivity index (χ1) is 9.76. The van der Waals surface area contributed by atoms with Gasteiger partial charge in [-0.25, -0.2) is 0 Å². The maximum absolute atomic E-state index is 5.94. The molecule has 2 saturated heterocycles. The van der Waals surface area contributed by atoms with Gasteiger partial charge in [-0.3, -0.25) is 4.90 Å². The fraction of sp³-hybridized carbons (Fsp3) is 1.00. The van der Waals surface area contributed by atoms with Crippen LogP contribution in [0.4, 0.5) is 0 Å². The molecule has 0 bridgehead atoms. The maximum Gasteiger partial charge on any atom is 0.170 e. The summed E-state index contributed by atoms with van der Waals surface area (Å²) in [6.07, 6.45) is 5.86. The average Bonchev–Trinajstić information content (AvgIpc) is 2.95. The molecule has 1 saturated carbocycles. The monoisotopic (exact) mass is 284 g/mol. The van der Waals surface area contributed by atoms with Crippen molar-refractivity contribution < 1.29 is 14.2 Å². The molecule has 5 heteroatoms. The Kier molecular flexibility index (Phi) is 4.62. The van der Waals surface area contributed by atoms with Gasteiger partial charge >= 0.3 is 0 Å². The first-order valence-corrected chi connectivity index (χ1v) is 7.98. The summed E-state index contributed by atoms with van der Waals surface area (Å²) in [4.78, 5) is 2.61. The molecule has 3 rings (SSSR count). The van der Waals surface area contributed by atoms with Crippen LogP contribution in [0.5, 0.6) is 0 Å². The van der Waals surface area contributed by atoms with Crippen LogP contribution in [0, 0.1) is 0 Å². The molecule has 2 atom stereocenters. The number of nitrogens with one attached hydrogen (secondary N) is 1. The lowest BCUT2D eigenvalue weighted by molar-refractivity contribution is -0.194. The topological polar surface area (TPSA) is 43.0 Å². The van der Waals surface area contributed by atoms with Crippen molar-refractivity contribution in [3.8, 4) is 0 Å². The molecule has 0 amide bonds. The Morgan fingerprint density at radius 2 is 1.85 bits per heavy atom. The second-order valence-electron chi connectivity index (χ2n) is 6.28. The number of likely N-dealkylation sites (tertiary alicyclic amines) is 1. The molecule has 0 aromatic rings. The van der Waals surface area contributed by atoms with E-state index in [1.165, 1.54) is 0 Å². The Hall–Kier alpha value is -0.200. The SMILES string of the molecule is CNC1CCC2(CC1N1CCC(OC)CC1)OCCO2. The Labute approximate surface area is 121 Å². The minimum absolute atomic E-state index is 0.296. The van der Waals surface area contributed by atoms with Crippen LogP contribution in [0.25, 0.3) is 0 Å². The summed E-state index contributed by atoms with van der Waals surface area (Å²) in [5.74, 6) is -0.296. The lowest BCUT2D eigenvalue weighted by atomic mass is 9.83. The third-order valence-corrected chi connectivity index (χ3v) is 5.28. The van der Waals surface area contributed by atoms with Crippen molar-refractivity contribution in [1.82, 2.24) is 10.2 Å². The predicted molar refractivity (Wildman–Crippen MR) is 76.7 cm³/mol. The van der Waals surface area contributed by atoms with E-state index >= 15 is 0 Å². The Morgan fingerprint density at radius 3 is 2.45 bits per heavy atom. The van der Waals surface area contributed by atoms with E-state index in [1.807, 2.05) is 7.11 Å². The van der Waals surface area contributed by atoms with Crippen LogP contribution in [0.1, 0.15) is 32.1 Å². The number of nitrogens with zero attached hydrogens (tertiary/aromatic N) is 1. The summed E-state index contributed by atoms with van der Waals surface area (Å²) >= 11 is 0. The molecule has 0 aromatic carbocycles. The highest BCUT2D eigenvalue weighted by molar-refractivity contribution is 4.97. The second kappa shape index (κ2) is 6.28. The van der Waals surface area contributed by atoms with E-state index in [2.05, 4.69) is 17.3 Å². The highest BCUT2D eigenvalue weighted by atomic mass is 16.7. The van der Waals surface area contributed by atoms with Crippen molar-refractivity contribution in [3.63, 3.8) is 0 Å². The van der Waals surface area contributed by atoms with E-state index in [4.69, 9.17) is 14.2 Å². The summed E-state index contributed by atoms with van der Waals surface area (Å²) in [6, 6.07) is 1.07. The molecule has 20 heavy (non-hydrogen) atoms. The third kappa shape index (κ3) is 2.88. The first-order valence-electron chi connectivity index (χ1n) is 7.98. The number of likely N-dealkylation sites (N-methyl/N-ethyl adjacent to an activating group) is 1. The average molecular weight is 284 g/mol. The van der Waals surface area contributed by atoms with Gasteiger partial charge in [0.1, 0.15) is 0 Å². The van der Waals surface area contributed by atoms with Crippen molar-refractivity contribution >= 4 is 0 Å². The third-order valence-electron chi connectivity index (χ3n) is 5.28. The van der Waals surface area contributed by atoms with Gasteiger partial charge in [0, 0.05) is 45.1 Å². The molecule has 5 nitrogen and oxygen atoms in total. The number of methoxy groups -OCH3 is 1. The summed E-state index contributed by atoms with van der Waals surface area (Å²) < 4.78 is 17.4. The summed E-state index contributed by atoms with van der Waals surface area (Å²) in [7, 11) is 3.90. The summed E-state index contributed by atoms with van der Waals surface area (Å²) in [5, 5.41) is 3.50. The van der Waals surface area contributed by atoms with Gasteiger partial charge in [0.05, 0.1) is 19.3 Å². The van der Waals surface area contributed by atoms with Crippen LogP contribution in [0.15, 0.2) is 0 Å². The largest absolute Gasteiger partial charge is 0.381 e. The van der Waals surface area contributed by atoms with E-state index in [0.29, 0.717) is 18.2 Å². The fourth-order valence-electron chi connectivity index (χ4n) is 4.05. The Balaban J connectivity index is 1.65. The smallest absolute Gasteiger partial charge is 0.170 e. The Morgan fingerprint density at radius 1 is 1.15 bits per heavy atom. The number of ether oxygens (including phenoxy) is 3. The fourth-order valence-corrected chi connectivity index (χ4v) is 4.05.